The predicted octanol–water partition coefficient (Wildman–Crippen LogP) is 0.287. The normalized spacial score (nSPS) is 16.6. The molecule has 0 aliphatic rings. The Morgan fingerprint density at radius 3 is 2.32 bits per heavy atom. The molecule has 1 aromatic carbocycles. The molecule has 1 aromatic rings. The van der Waals surface area contributed by atoms with Crippen molar-refractivity contribution in [2.24, 2.45) is 0 Å². The number of carbonyl (C=O) groups is 1. The van der Waals surface area contributed by atoms with E-state index in [1.54, 1.807) is 30.3 Å². The summed E-state index contributed by atoms with van der Waals surface area (Å²) in [5.74, 6) is -1.44. The van der Waals surface area contributed by atoms with Crippen LogP contribution < -0.4 is 4.72 Å². The largest absolute Gasteiger partial charge is 0.480 e. The van der Waals surface area contributed by atoms with E-state index in [2.05, 4.69) is 4.72 Å². The number of carboxylic acid groups (broad SMARTS) is 1. The number of hydrogen-bond donors (Lipinski definition) is 3. The second kappa shape index (κ2) is 5.68. The fourth-order valence-corrected chi connectivity index (χ4v) is 2.78. The Balaban J connectivity index is 3.10. The van der Waals surface area contributed by atoms with Gasteiger partial charge in [0.05, 0.1) is 12.1 Å². The average molecular weight is 287 g/mol. The highest BCUT2D eigenvalue weighted by atomic mass is 32.2. The lowest BCUT2D eigenvalue weighted by Gasteiger charge is -2.29. The summed E-state index contributed by atoms with van der Waals surface area (Å²) >= 11 is 0. The molecule has 3 N–H and O–H groups in total. The highest BCUT2D eigenvalue weighted by Crippen LogP contribution is 2.21. The zero-order chi connectivity index (χ0) is 14.7. The van der Waals surface area contributed by atoms with Crippen molar-refractivity contribution >= 4 is 16.0 Å². The molecule has 0 radical (unpaired) electrons. The van der Waals surface area contributed by atoms with E-state index in [0.717, 1.165) is 6.92 Å². The summed E-state index contributed by atoms with van der Waals surface area (Å²) in [6.07, 6.45) is 0. The molecule has 2 atom stereocenters. The van der Waals surface area contributed by atoms with Crippen LogP contribution in [0.1, 0.15) is 19.4 Å². The van der Waals surface area contributed by atoms with Gasteiger partial charge < -0.3 is 10.2 Å². The third-order valence-corrected chi connectivity index (χ3v) is 4.78. The molecule has 6 nitrogen and oxygen atoms in total. The van der Waals surface area contributed by atoms with E-state index >= 15 is 0 Å². The van der Waals surface area contributed by atoms with Crippen molar-refractivity contribution in [2.75, 3.05) is 6.61 Å². The maximum absolute atomic E-state index is 11.9. The molecular formula is C12H17NO5S. The van der Waals surface area contributed by atoms with Crippen molar-refractivity contribution in [3.63, 3.8) is 0 Å². The summed E-state index contributed by atoms with van der Waals surface area (Å²) in [6, 6.07) is 8.49. The number of sulfonamides is 1. The van der Waals surface area contributed by atoms with Gasteiger partial charge in [-0.3, -0.25) is 4.79 Å². The third kappa shape index (κ3) is 3.52. The highest BCUT2D eigenvalue weighted by molar-refractivity contribution is 7.90. The second-order valence-corrected chi connectivity index (χ2v) is 6.49. The number of carboxylic acids is 1. The molecule has 0 spiro atoms. The van der Waals surface area contributed by atoms with Crippen LogP contribution in [-0.4, -0.2) is 36.5 Å². The molecule has 0 aliphatic carbocycles. The van der Waals surface area contributed by atoms with Gasteiger partial charge in [0, 0.05) is 0 Å². The number of nitrogens with one attached hydrogen (secondary N) is 1. The van der Waals surface area contributed by atoms with Crippen LogP contribution in [0.4, 0.5) is 0 Å². The zero-order valence-electron chi connectivity index (χ0n) is 10.7. The number of hydrogen-bond acceptors (Lipinski definition) is 4. The Morgan fingerprint density at radius 2 is 1.89 bits per heavy atom. The summed E-state index contributed by atoms with van der Waals surface area (Å²) in [5, 5.41) is 16.6. The first kappa shape index (κ1) is 15.6. The van der Waals surface area contributed by atoms with Crippen LogP contribution in [0.5, 0.6) is 0 Å². The summed E-state index contributed by atoms with van der Waals surface area (Å²) in [6.45, 7) is 2.09. The lowest BCUT2D eigenvalue weighted by molar-refractivity contribution is -0.136. The van der Waals surface area contributed by atoms with E-state index in [0.29, 0.717) is 5.56 Å². The summed E-state index contributed by atoms with van der Waals surface area (Å²) in [4.78, 5) is 10.8. The quantitative estimate of drug-likeness (QED) is 0.697. The molecule has 19 heavy (non-hydrogen) atoms. The van der Waals surface area contributed by atoms with Gasteiger partial charge in [-0.15, -0.1) is 0 Å². The maximum Gasteiger partial charge on any atom is 0.323 e. The Labute approximate surface area is 112 Å². The molecule has 0 aromatic heterocycles. The summed E-state index contributed by atoms with van der Waals surface area (Å²) in [7, 11) is -4.09. The standard InChI is InChI=1S/C12H17NO5S/c1-9(11(15)16)19(17,18)13-12(2,8-14)10-6-4-3-5-7-10/h3-7,9,13-14H,8H2,1-2H3,(H,15,16). The van der Waals surface area contributed by atoms with Gasteiger partial charge in [-0.05, 0) is 19.4 Å². The number of aliphatic carboxylic acids is 1. The van der Waals surface area contributed by atoms with Gasteiger partial charge in [0.2, 0.25) is 10.0 Å². The molecule has 106 valence electrons. The monoisotopic (exact) mass is 287 g/mol. The van der Waals surface area contributed by atoms with Crippen LogP contribution in [0, 0.1) is 0 Å². The van der Waals surface area contributed by atoms with Gasteiger partial charge in [0.25, 0.3) is 0 Å². The van der Waals surface area contributed by atoms with Crippen LogP contribution in [0.2, 0.25) is 0 Å². The van der Waals surface area contributed by atoms with Crippen molar-refractivity contribution in [1.29, 1.82) is 0 Å². The lowest BCUT2D eigenvalue weighted by Crippen LogP contribution is -2.50. The Kier molecular flexibility index (Phi) is 4.67. The molecule has 0 saturated heterocycles. The predicted molar refractivity (Wildman–Crippen MR) is 70.0 cm³/mol. The molecule has 1 rings (SSSR count). The Hall–Kier alpha value is -1.44. The number of aliphatic hydroxyl groups excluding tert-OH is 1. The Morgan fingerprint density at radius 1 is 1.37 bits per heavy atom. The fourth-order valence-electron chi connectivity index (χ4n) is 1.52. The molecule has 7 heteroatoms. The van der Waals surface area contributed by atoms with Crippen LogP contribution >= 0.6 is 0 Å². The summed E-state index contributed by atoms with van der Waals surface area (Å²) in [5.41, 5.74) is -0.706. The van der Waals surface area contributed by atoms with Gasteiger partial charge in [0.15, 0.2) is 5.25 Å². The van der Waals surface area contributed by atoms with Gasteiger partial charge in [-0.1, -0.05) is 30.3 Å². The first-order chi connectivity index (χ1) is 8.73. The van der Waals surface area contributed by atoms with E-state index in [4.69, 9.17) is 5.11 Å². The van der Waals surface area contributed by atoms with Crippen LogP contribution in [0.3, 0.4) is 0 Å². The third-order valence-electron chi connectivity index (χ3n) is 2.91. The molecule has 0 bridgehead atoms. The van der Waals surface area contributed by atoms with Gasteiger partial charge in [0.1, 0.15) is 0 Å². The first-order valence-corrected chi connectivity index (χ1v) is 7.19. The number of rotatable bonds is 6. The molecular weight excluding hydrogens is 270 g/mol. The van der Waals surface area contributed by atoms with E-state index in [1.807, 2.05) is 0 Å². The van der Waals surface area contributed by atoms with Crippen LogP contribution in [0.25, 0.3) is 0 Å². The minimum atomic E-state index is -4.09. The maximum atomic E-state index is 11.9. The molecule has 0 saturated carbocycles. The smallest absolute Gasteiger partial charge is 0.323 e. The molecule has 0 aliphatic heterocycles. The highest BCUT2D eigenvalue weighted by Gasteiger charge is 2.36. The SMILES string of the molecule is CC(C(=O)O)S(=O)(=O)NC(C)(CO)c1ccccc1. The van der Waals surface area contributed by atoms with Crippen LogP contribution in [0.15, 0.2) is 30.3 Å². The molecule has 0 heterocycles. The Bertz CT molecular complexity index is 542. The first-order valence-electron chi connectivity index (χ1n) is 5.65. The van der Waals surface area contributed by atoms with Gasteiger partial charge in [-0.2, -0.15) is 0 Å². The summed E-state index contributed by atoms with van der Waals surface area (Å²) < 4.78 is 26.1. The molecule has 0 amide bonds. The minimum absolute atomic E-state index is 0.484. The van der Waals surface area contributed by atoms with E-state index in [1.165, 1.54) is 6.92 Å². The van der Waals surface area contributed by atoms with Crippen molar-refractivity contribution in [2.45, 2.75) is 24.6 Å². The van der Waals surface area contributed by atoms with Gasteiger partial charge in [-0.25, -0.2) is 13.1 Å². The van der Waals surface area contributed by atoms with Crippen molar-refractivity contribution < 1.29 is 23.4 Å². The average Bonchev–Trinajstić information content (AvgIpc) is 2.38. The number of aliphatic hydroxyl groups is 1. The van der Waals surface area contributed by atoms with E-state index < -0.39 is 33.4 Å². The second-order valence-electron chi connectivity index (χ2n) is 4.48. The van der Waals surface area contributed by atoms with Crippen LogP contribution in [-0.2, 0) is 20.4 Å². The minimum Gasteiger partial charge on any atom is -0.480 e. The zero-order valence-corrected chi connectivity index (χ0v) is 11.5. The number of benzene rings is 1. The van der Waals surface area contributed by atoms with Crippen molar-refractivity contribution in [3.05, 3.63) is 35.9 Å². The molecule has 2 unspecified atom stereocenters. The topological polar surface area (TPSA) is 104 Å². The van der Waals surface area contributed by atoms with Gasteiger partial charge >= 0.3 is 5.97 Å². The van der Waals surface area contributed by atoms with E-state index in [9.17, 15) is 18.3 Å². The van der Waals surface area contributed by atoms with Crippen molar-refractivity contribution in [3.8, 4) is 0 Å². The lowest BCUT2D eigenvalue weighted by atomic mass is 9.94. The molecule has 0 fully saturated rings. The fraction of sp³-hybridized carbons (Fsp3) is 0.417. The van der Waals surface area contributed by atoms with Crippen molar-refractivity contribution in [1.82, 2.24) is 4.72 Å². The van der Waals surface area contributed by atoms with E-state index in [-0.39, 0.29) is 0 Å².